The van der Waals surface area contributed by atoms with Gasteiger partial charge < -0.3 is 64.9 Å². The van der Waals surface area contributed by atoms with Crippen molar-refractivity contribution >= 4 is 11.6 Å². The molecule has 0 amide bonds. The first-order valence-electron chi connectivity index (χ1n) is 15.8. The van der Waals surface area contributed by atoms with Gasteiger partial charge in [-0.3, -0.25) is 9.59 Å². The number of hydrogen-bond donors (Lipinski definition) is 9. The third kappa shape index (κ3) is 5.90. The van der Waals surface area contributed by atoms with Crippen molar-refractivity contribution < 1.29 is 74.5 Å². The van der Waals surface area contributed by atoms with Crippen LogP contribution in [0, 0.1) is 0 Å². The molecule has 9 N–H and O–H groups in total. The van der Waals surface area contributed by atoms with Gasteiger partial charge in [0.1, 0.15) is 93.7 Å². The van der Waals surface area contributed by atoms with E-state index in [2.05, 4.69) is 0 Å². The van der Waals surface area contributed by atoms with Crippen molar-refractivity contribution in [1.82, 2.24) is 0 Å². The molecule has 4 aromatic rings. The van der Waals surface area contributed by atoms with E-state index in [0.717, 1.165) is 18.2 Å². The molecule has 0 spiro atoms. The maximum atomic E-state index is 14.7. The number of aromatic hydroxyl groups is 5. The van der Waals surface area contributed by atoms with Gasteiger partial charge in [0.25, 0.3) is 0 Å². The molecule has 0 unspecified atom stereocenters. The molecule has 0 aromatic heterocycles. The number of phenols is 5. The normalized spacial score (nSPS) is 27.1. The number of rotatable bonds is 6. The Hall–Kier alpha value is -5.58. The molecule has 15 heteroatoms. The number of ketones is 2. The van der Waals surface area contributed by atoms with Crippen LogP contribution in [0.5, 0.6) is 46.0 Å². The van der Waals surface area contributed by atoms with Crippen LogP contribution in [0.1, 0.15) is 62.0 Å². The Labute approximate surface area is 288 Å². The second kappa shape index (κ2) is 12.9. The fourth-order valence-corrected chi connectivity index (χ4v) is 6.67. The summed E-state index contributed by atoms with van der Waals surface area (Å²) in [4.78, 5) is 28.5. The van der Waals surface area contributed by atoms with Crippen molar-refractivity contribution in [3.63, 3.8) is 0 Å². The van der Waals surface area contributed by atoms with Crippen LogP contribution < -0.4 is 14.2 Å². The van der Waals surface area contributed by atoms with Gasteiger partial charge in [0.2, 0.25) is 6.29 Å². The van der Waals surface area contributed by atoms with Gasteiger partial charge in [-0.05, 0) is 35.4 Å². The van der Waals surface area contributed by atoms with Gasteiger partial charge in [-0.2, -0.15) is 0 Å². The number of Topliss-reactive ketones (excluding diaryl/α,β-unsaturated/α-hetero) is 2. The summed E-state index contributed by atoms with van der Waals surface area (Å²) >= 11 is 0. The van der Waals surface area contributed by atoms with Gasteiger partial charge in [-0.1, -0.05) is 24.3 Å². The first-order chi connectivity index (χ1) is 24.4. The largest absolute Gasteiger partial charge is 0.508 e. The fourth-order valence-electron chi connectivity index (χ4n) is 6.67. The van der Waals surface area contributed by atoms with Crippen LogP contribution >= 0.6 is 0 Å². The van der Waals surface area contributed by atoms with E-state index in [0.29, 0.717) is 5.56 Å². The molecule has 0 bridgehead atoms. The third-order valence-corrected chi connectivity index (χ3v) is 9.21. The molecule has 1 saturated heterocycles. The van der Waals surface area contributed by atoms with Gasteiger partial charge >= 0.3 is 0 Å². The average Bonchev–Trinajstić information content (AvgIpc) is 3.09. The summed E-state index contributed by atoms with van der Waals surface area (Å²) in [5, 5.41) is 93.8. The molecule has 4 aromatic carbocycles. The van der Waals surface area contributed by atoms with E-state index >= 15 is 0 Å². The van der Waals surface area contributed by atoms with Crippen molar-refractivity contribution in [1.29, 1.82) is 0 Å². The number of ether oxygens (including phenoxy) is 4. The smallest absolute Gasteiger partial charge is 0.229 e. The van der Waals surface area contributed by atoms with Gasteiger partial charge in [0.15, 0.2) is 11.6 Å². The molecule has 266 valence electrons. The number of phenolic OH excluding ortho intramolecular Hbond substituents is 5. The summed E-state index contributed by atoms with van der Waals surface area (Å²) in [5.41, 5.74) is -0.183. The molecule has 3 aliphatic rings. The van der Waals surface area contributed by atoms with Crippen LogP contribution in [0.25, 0.3) is 0 Å². The SMILES string of the molecule is O=C1C[C@H](c2ccc(O)cc2)Oc2c1c(O)cc(O[C@H]1O[C@H](CO)[C@H](O)[C@@H](O)[C@H]1O)c2[C@@H]1C(=O)c2c(O)cc(O)cc2O[C@H]1c1ccc(O)cc1. The Morgan fingerprint density at radius 1 is 0.706 bits per heavy atom. The highest BCUT2D eigenvalue weighted by molar-refractivity contribution is 6.09. The highest BCUT2D eigenvalue weighted by Crippen LogP contribution is 2.56. The van der Waals surface area contributed by atoms with Crippen molar-refractivity contribution in [2.24, 2.45) is 0 Å². The molecule has 15 nitrogen and oxygen atoms in total. The lowest BCUT2D eigenvalue weighted by Crippen LogP contribution is -2.60. The second-order valence-electron chi connectivity index (χ2n) is 12.5. The minimum absolute atomic E-state index is 0.0546. The lowest BCUT2D eigenvalue weighted by Gasteiger charge is -2.41. The Balaban J connectivity index is 1.47. The first kappa shape index (κ1) is 33.9. The summed E-state index contributed by atoms with van der Waals surface area (Å²) in [6.45, 7) is -0.792. The molecule has 3 heterocycles. The van der Waals surface area contributed by atoms with Gasteiger partial charge in [0.05, 0.1) is 24.5 Å². The average molecular weight is 705 g/mol. The van der Waals surface area contributed by atoms with Crippen LogP contribution in [0.15, 0.2) is 66.7 Å². The number of aliphatic hydroxyl groups excluding tert-OH is 4. The van der Waals surface area contributed by atoms with Gasteiger partial charge in [-0.15, -0.1) is 0 Å². The van der Waals surface area contributed by atoms with Crippen molar-refractivity contribution in [2.45, 2.75) is 55.3 Å². The van der Waals surface area contributed by atoms with Crippen LogP contribution in [-0.4, -0.2) is 94.8 Å². The number of hydrogen-bond acceptors (Lipinski definition) is 15. The number of fused-ring (bicyclic) bond motifs is 2. The van der Waals surface area contributed by atoms with Crippen LogP contribution in [0.4, 0.5) is 0 Å². The van der Waals surface area contributed by atoms with Crippen LogP contribution in [0.2, 0.25) is 0 Å². The van der Waals surface area contributed by atoms with E-state index in [1.807, 2.05) is 0 Å². The quantitative estimate of drug-likeness (QED) is 0.139. The van der Waals surface area contributed by atoms with Crippen molar-refractivity contribution in [3.8, 4) is 46.0 Å². The predicted octanol–water partition coefficient (Wildman–Crippen LogP) is 2.20. The molecule has 1 fully saturated rings. The molecule has 7 rings (SSSR count). The third-order valence-electron chi connectivity index (χ3n) is 9.21. The van der Waals surface area contributed by atoms with Crippen LogP contribution in [-0.2, 0) is 4.74 Å². The standard InChI is InChI=1S/C36H32O15/c37-13-25-30(44)32(46)33(47)36(51-25)50-24-12-21(43)26-20(42)11-22(14-1-5-16(38)6-2-14)48-35(26)28(24)29-31(45)27-19(41)9-18(40)10-23(27)49-34(29)15-3-7-17(39)8-4-15/h1-10,12,22,25,29-30,32-34,36-41,43-44,46-47H,11,13H2/t22-,25-,29-,30+,32-,33-,34+,36+/m1/s1. The predicted molar refractivity (Wildman–Crippen MR) is 171 cm³/mol. The summed E-state index contributed by atoms with van der Waals surface area (Å²) in [6.07, 6.45) is -11.4. The minimum atomic E-state index is -1.93. The zero-order chi connectivity index (χ0) is 36.3. The Morgan fingerprint density at radius 2 is 1.33 bits per heavy atom. The summed E-state index contributed by atoms with van der Waals surface area (Å²) < 4.78 is 24.3. The van der Waals surface area contributed by atoms with E-state index in [1.54, 1.807) is 0 Å². The topological polar surface area (TPSA) is 253 Å². The fraction of sp³-hybridized carbons (Fsp3) is 0.278. The maximum absolute atomic E-state index is 14.7. The molecule has 0 radical (unpaired) electrons. The zero-order valence-corrected chi connectivity index (χ0v) is 26.4. The number of carbonyl (C=O) groups excluding carboxylic acids is 2. The molecule has 0 saturated carbocycles. The Kier molecular flexibility index (Phi) is 8.61. The monoisotopic (exact) mass is 704 g/mol. The summed E-state index contributed by atoms with van der Waals surface area (Å²) in [6, 6.07) is 14.4. The number of carbonyl (C=O) groups is 2. The Morgan fingerprint density at radius 3 is 1.98 bits per heavy atom. The van der Waals surface area contributed by atoms with E-state index in [-0.39, 0.29) is 51.7 Å². The lowest BCUT2D eigenvalue weighted by molar-refractivity contribution is -0.277. The van der Waals surface area contributed by atoms with Crippen LogP contribution in [0.3, 0.4) is 0 Å². The molecule has 8 atom stereocenters. The highest BCUT2D eigenvalue weighted by atomic mass is 16.7. The molecular formula is C36H32O15. The minimum Gasteiger partial charge on any atom is -0.508 e. The van der Waals surface area contributed by atoms with E-state index in [9.17, 15) is 55.5 Å². The molecule has 0 aliphatic carbocycles. The van der Waals surface area contributed by atoms with Crippen molar-refractivity contribution in [3.05, 3.63) is 94.5 Å². The first-order valence-corrected chi connectivity index (χ1v) is 15.8. The Bertz CT molecular complexity index is 1990. The lowest BCUT2D eigenvalue weighted by atomic mass is 9.78. The van der Waals surface area contributed by atoms with E-state index in [1.165, 1.54) is 48.5 Å². The second-order valence-corrected chi connectivity index (χ2v) is 12.5. The maximum Gasteiger partial charge on any atom is 0.229 e. The van der Waals surface area contributed by atoms with Gasteiger partial charge in [0, 0.05) is 18.2 Å². The van der Waals surface area contributed by atoms with E-state index < -0.39 is 90.0 Å². The van der Waals surface area contributed by atoms with Crippen molar-refractivity contribution in [2.75, 3.05) is 6.61 Å². The number of aliphatic hydroxyl groups is 4. The highest BCUT2D eigenvalue weighted by Gasteiger charge is 2.49. The van der Waals surface area contributed by atoms with E-state index in [4.69, 9.17) is 18.9 Å². The zero-order valence-electron chi connectivity index (χ0n) is 26.4. The molecule has 3 aliphatic heterocycles. The summed E-state index contributed by atoms with van der Waals surface area (Å²) in [5.74, 6) is -5.85. The molecular weight excluding hydrogens is 672 g/mol. The summed E-state index contributed by atoms with van der Waals surface area (Å²) in [7, 11) is 0. The van der Waals surface area contributed by atoms with Gasteiger partial charge in [-0.25, -0.2) is 0 Å². The number of benzene rings is 4. The molecule has 51 heavy (non-hydrogen) atoms.